The molecule has 0 atom stereocenters. The Kier molecular flexibility index (Phi) is 6.71. The van der Waals surface area contributed by atoms with Crippen molar-refractivity contribution in [1.29, 1.82) is 0 Å². The van der Waals surface area contributed by atoms with Crippen LogP contribution in [0, 0.1) is 6.92 Å². The van der Waals surface area contributed by atoms with Gasteiger partial charge >= 0.3 is 0 Å². The summed E-state index contributed by atoms with van der Waals surface area (Å²) in [5.41, 5.74) is 3.62. The molecule has 1 heterocycles. The van der Waals surface area contributed by atoms with E-state index < -0.39 is 0 Å². The number of anilines is 1. The number of nitrogens with zero attached hydrogens (tertiary/aromatic N) is 2. The number of nitrogens with one attached hydrogen (secondary N) is 1. The molecule has 5 nitrogen and oxygen atoms in total. The van der Waals surface area contributed by atoms with Crippen molar-refractivity contribution in [2.24, 2.45) is 0 Å². The molecule has 27 heavy (non-hydrogen) atoms. The summed E-state index contributed by atoms with van der Waals surface area (Å²) in [6.07, 6.45) is 0.550. The largest absolute Gasteiger partial charge is 0.497 e. The van der Waals surface area contributed by atoms with E-state index in [1.807, 2.05) is 24.3 Å². The summed E-state index contributed by atoms with van der Waals surface area (Å²) in [5.74, 6) is 1.00. The maximum atomic E-state index is 12.2. The van der Waals surface area contributed by atoms with Gasteiger partial charge in [-0.3, -0.25) is 9.69 Å². The number of ether oxygens (including phenoxy) is 1. The second-order valence-electron chi connectivity index (χ2n) is 6.98. The zero-order valence-electron chi connectivity index (χ0n) is 16.3. The molecule has 0 saturated carbocycles. The van der Waals surface area contributed by atoms with Crippen molar-refractivity contribution in [3.05, 3.63) is 59.7 Å². The van der Waals surface area contributed by atoms with Gasteiger partial charge < -0.3 is 15.0 Å². The summed E-state index contributed by atoms with van der Waals surface area (Å²) in [7, 11) is 1.69. The fourth-order valence-electron chi connectivity index (χ4n) is 3.37. The van der Waals surface area contributed by atoms with Crippen molar-refractivity contribution in [2.45, 2.75) is 19.9 Å². The van der Waals surface area contributed by atoms with Crippen LogP contribution in [0.25, 0.3) is 0 Å². The van der Waals surface area contributed by atoms with Gasteiger partial charge in [0, 0.05) is 51.4 Å². The maximum Gasteiger partial charge on any atom is 0.221 e. The van der Waals surface area contributed by atoms with Gasteiger partial charge in [0.25, 0.3) is 0 Å². The topological polar surface area (TPSA) is 44.8 Å². The van der Waals surface area contributed by atoms with Gasteiger partial charge in [0.15, 0.2) is 0 Å². The van der Waals surface area contributed by atoms with E-state index in [4.69, 9.17) is 4.74 Å². The minimum atomic E-state index is 0.121. The first kappa shape index (κ1) is 19.2. The second-order valence-corrected chi connectivity index (χ2v) is 6.98. The Morgan fingerprint density at radius 1 is 1.04 bits per heavy atom. The molecule has 1 saturated heterocycles. The number of amides is 1. The van der Waals surface area contributed by atoms with Crippen LogP contribution in [-0.4, -0.2) is 50.6 Å². The Morgan fingerprint density at radius 2 is 1.74 bits per heavy atom. The van der Waals surface area contributed by atoms with E-state index in [0.29, 0.717) is 13.0 Å². The lowest BCUT2D eigenvalue weighted by Gasteiger charge is -2.36. The minimum Gasteiger partial charge on any atom is -0.497 e. The Hall–Kier alpha value is -2.53. The molecule has 2 aromatic rings. The molecule has 0 aliphatic carbocycles. The predicted octanol–water partition coefficient (Wildman–Crippen LogP) is 2.83. The average Bonchev–Trinajstić information content (AvgIpc) is 2.72. The van der Waals surface area contributed by atoms with Crippen molar-refractivity contribution in [3.63, 3.8) is 0 Å². The standard InChI is InChI=1S/C22H29N3O2/c1-18-5-3-4-6-19(18)17-23-22(26)11-12-24-13-15-25(16-14-24)20-7-9-21(27-2)10-8-20/h3-10H,11-17H2,1-2H3,(H,23,26). The summed E-state index contributed by atoms with van der Waals surface area (Å²) in [4.78, 5) is 16.9. The number of methoxy groups -OCH3 is 1. The van der Waals surface area contributed by atoms with E-state index in [2.05, 4.69) is 46.3 Å². The predicted molar refractivity (Wildman–Crippen MR) is 109 cm³/mol. The highest BCUT2D eigenvalue weighted by atomic mass is 16.5. The highest BCUT2D eigenvalue weighted by Crippen LogP contribution is 2.20. The SMILES string of the molecule is COc1ccc(N2CCN(CCC(=O)NCc3ccccc3C)CC2)cc1. The van der Waals surface area contributed by atoms with Crippen LogP contribution in [0.3, 0.4) is 0 Å². The molecule has 0 bridgehead atoms. The summed E-state index contributed by atoms with van der Waals surface area (Å²) < 4.78 is 5.22. The second kappa shape index (κ2) is 9.42. The van der Waals surface area contributed by atoms with Gasteiger partial charge in [-0.2, -0.15) is 0 Å². The number of carbonyl (C=O) groups is 1. The zero-order chi connectivity index (χ0) is 19.1. The van der Waals surface area contributed by atoms with E-state index in [-0.39, 0.29) is 5.91 Å². The molecule has 2 aromatic carbocycles. The van der Waals surface area contributed by atoms with Gasteiger partial charge in [-0.1, -0.05) is 24.3 Å². The summed E-state index contributed by atoms with van der Waals surface area (Å²) in [6, 6.07) is 16.4. The zero-order valence-corrected chi connectivity index (χ0v) is 16.3. The first-order valence-electron chi connectivity index (χ1n) is 9.58. The van der Waals surface area contributed by atoms with Crippen LogP contribution in [-0.2, 0) is 11.3 Å². The van der Waals surface area contributed by atoms with Crippen molar-refractivity contribution in [3.8, 4) is 5.75 Å². The fourth-order valence-corrected chi connectivity index (χ4v) is 3.37. The Bertz CT molecular complexity index is 737. The Labute approximate surface area is 161 Å². The van der Waals surface area contributed by atoms with Crippen LogP contribution in [0.2, 0.25) is 0 Å². The molecule has 0 radical (unpaired) electrons. The van der Waals surface area contributed by atoms with Crippen molar-refractivity contribution < 1.29 is 9.53 Å². The molecule has 0 unspecified atom stereocenters. The first-order chi connectivity index (χ1) is 13.2. The van der Waals surface area contributed by atoms with Crippen LogP contribution in [0.15, 0.2) is 48.5 Å². The molecule has 1 fully saturated rings. The average molecular weight is 367 g/mol. The molecule has 144 valence electrons. The molecule has 1 N–H and O–H groups in total. The van der Waals surface area contributed by atoms with Crippen LogP contribution >= 0.6 is 0 Å². The van der Waals surface area contributed by atoms with Crippen molar-refractivity contribution in [1.82, 2.24) is 10.2 Å². The van der Waals surface area contributed by atoms with Crippen molar-refractivity contribution in [2.75, 3.05) is 44.7 Å². The Morgan fingerprint density at radius 3 is 2.41 bits per heavy atom. The van der Waals surface area contributed by atoms with E-state index in [9.17, 15) is 4.79 Å². The van der Waals surface area contributed by atoms with Gasteiger partial charge in [-0.25, -0.2) is 0 Å². The number of carbonyl (C=O) groups excluding carboxylic acids is 1. The third kappa shape index (κ3) is 5.47. The van der Waals surface area contributed by atoms with E-state index in [0.717, 1.165) is 38.5 Å². The first-order valence-corrected chi connectivity index (χ1v) is 9.58. The van der Waals surface area contributed by atoms with E-state index in [1.165, 1.54) is 16.8 Å². The number of rotatable bonds is 7. The number of aryl methyl sites for hydroxylation is 1. The highest BCUT2D eigenvalue weighted by Gasteiger charge is 2.17. The van der Waals surface area contributed by atoms with E-state index in [1.54, 1.807) is 7.11 Å². The lowest BCUT2D eigenvalue weighted by Crippen LogP contribution is -2.47. The molecule has 3 rings (SSSR count). The molecule has 5 heteroatoms. The molecule has 0 aromatic heterocycles. The maximum absolute atomic E-state index is 12.2. The van der Waals surface area contributed by atoms with Crippen LogP contribution in [0.1, 0.15) is 17.5 Å². The van der Waals surface area contributed by atoms with Gasteiger partial charge in [0.1, 0.15) is 5.75 Å². The number of piperazine rings is 1. The fraction of sp³-hybridized carbons (Fsp3) is 0.409. The molecule has 1 aliphatic heterocycles. The summed E-state index contributed by atoms with van der Waals surface area (Å²) in [6.45, 7) is 7.43. The monoisotopic (exact) mass is 367 g/mol. The van der Waals surface area contributed by atoms with Crippen LogP contribution < -0.4 is 15.0 Å². The van der Waals surface area contributed by atoms with Gasteiger partial charge in [0.05, 0.1) is 7.11 Å². The molecular formula is C22H29N3O2. The third-order valence-corrected chi connectivity index (χ3v) is 5.20. The van der Waals surface area contributed by atoms with Gasteiger partial charge in [0.2, 0.25) is 5.91 Å². The third-order valence-electron chi connectivity index (χ3n) is 5.20. The molecule has 1 amide bonds. The highest BCUT2D eigenvalue weighted by molar-refractivity contribution is 5.76. The van der Waals surface area contributed by atoms with Gasteiger partial charge in [-0.05, 0) is 42.3 Å². The summed E-state index contributed by atoms with van der Waals surface area (Å²) >= 11 is 0. The summed E-state index contributed by atoms with van der Waals surface area (Å²) in [5, 5.41) is 3.04. The van der Waals surface area contributed by atoms with E-state index >= 15 is 0 Å². The smallest absolute Gasteiger partial charge is 0.221 e. The number of benzene rings is 2. The lowest BCUT2D eigenvalue weighted by molar-refractivity contribution is -0.121. The van der Waals surface area contributed by atoms with Gasteiger partial charge in [-0.15, -0.1) is 0 Å². The molecule has 0 spiro atoms. The Balaban J connectivity index is 1.37. The quantitative estimate of drug-likeness (QED) is 0.817. The number of hydrogen-bond donors (Lipinski definition) is 1. The molecular weight excluding hydrogens is 338 g/mol. The van der Waals surface area contributed by atoms with Crippen molar-refractivity contribution >= 4 is 11.6 Å². The van der Waals surface area contributed by atoms with Crippen LogP contribution in [0.4, 0.5) is 5.69 Å². The normalized spacial score (nSPS) is 14.8. The molecule has 1 aliphatic rings. The lowest BCUT2D eigenvalue weighted by atomic mass is 10.1. The number of hydrogen-bond acceptors (Lipinski definition) is 4. The minimum absolute atomic E-state index is 0.121. The van der Waals surface area contributed by atoms with Crippen LogP contribution in [0.5, 0.6) is 5.75 Å².